The number of benzene rings is 1. The minimum Gasteiger partial charge on any atom is -0.481 e. The quantitative estimate of drug-likeness (QED) is 0.940. The third-order valence-corrected chi connectivity index (χ3v) is 2.84. The summed E-state index contributed by atoms with van der Waals surface area (Å²) in [6.45, 7) is 0. The van der Waals surface area contributed by atoms with Crippen molar-refractivity contribution in [1.29, 1.82) is 0 Å². The fourth-order valence-corrected chi connectivity index (χ4v) is 1.85. The van der Waals surface area contributed by atoms with Crippen LogP contribution in [0, 0.1) is 0 Å². The Hall–Kier alpha value is -2.08. The number of hydrogen-bond acceptors (Lipinski definition) is 3. The number of aliphatic hydroxyl groups is 1. The summed E-state index contributed by atoms with van der Waals surface area (Å²) in [7, 11) is 1.43. The molecule has 1 unspecified atom stereocenters. The smallest absolute Gasteiger partial charge is 0.416 e. The van der Waals surface area contributed by atoms with E-state index in [1.807, 2.05) is 0 Å². The Morgan fingerprint density at radius 2 is 1.85 bits per heavy atom. The predicted octanol–water partition coefficient (Wildman–Crippen LogP) is 3.19. The van der Waals surface area contributed by atoms with Crippen LogP contribution in [0.5, 0.6) is 5.88 Å². The lowest BCUT2D eigenvalue weighted by atomic mass is 9.97. The van der Waals surface area contributed by atoms with E-state index in [9.17, 15) is 18.3 Å². The number of methoxy groups -OCH3 is 1. The summed E-state index contributed by atoms with van der Waals surface area (Å²) in [6, 6.07) is 7.88. The summed E-state index contributed by atoms with van der Waals surface area (Å²) in [5, 5.41) is 10.1. The van der Waals surface area contributed by atoms with Gasteiger partial charge in [0.25, 0.3) is 0 Å². The van der Waals surface area contributed by atoms with E-state index in [4.69, 9.17) is 4.74 Å². The van der Waals surface area contributed by atoms with Crippen LogP contribution in [0.1, 0.15) is 22.8 Å². The Balaban J connectivity index is 2.40. The van der Waals surface area contributed by atoms with Crippen LogP contribution in [0.2, 0.25) is 0 Å². The van der Waals surface area contributed by atoms with Crippen LogP contribution in [0.25, 0.3) is 0 Å². The third-order valence-electron chi connectivity index (χ3n) is 2.84. The number of halogens is 3. The lowest BCUT2D eigenvalue weighted by Crippen LogP contribution is -2.12. The van der Waals surface area contributed by atoms with Crippen molar-refractivity contribution >= 4 is 0 Å². The first-order valence-electron chi connectivity index (χ1n) is 5.77. The molecule has 1 heterocycles. The second kappa shape index (κ2) is 5.50. The summed E-state index contributed by atoms with van der Waals surface area (Å²) in [6.07, 6.45) is -4.63. The Bertz CT molecular complexity index is 582. The first-order chi connectivity index (χ1) is 9.43. The van der Waals surface area contributed by atoms with Crippen molar-refractivity contribution in [2.75, 3.05) is 7.11 Å². The third kappa shape index (κ3) is 2.91. The van der Waals surface area contributed by atoms with Crippen molar-refractivity contribution in [3.8, 4) is 5.88 Å². The Kier molecular flexibility index (Phi) is 3.94. The summed E-state index contributed by atoms with van der Waals surface area (Å²) >= 11 is 0. The second-order valence-corrected chi connectivity index (χ2v) is 4.12. The van der Waals surface area contributed by atoms with Gasteiger partial charge in [-0.3, -0.25) is 0 Å². The Morgan fingerprint density at radius 1 is 1.15 bits per heavy atom. The molecule has 2 rings (SSSR count). The summed E-state index contributed by atoms with van der Waals surface area (Å²) in [5.74, 6) is 0.324. The van der Waals surface area contributed by atoms with Gasteiger partial charge in [0, 0.05) is 17.8 Å². The van der Waals surface area contributed by atoms with Crippen molar-refractivity contribution in [2.24, 2.45) is 0 Å². The van der Waals surface area contributed by atoms with Crippen LogP contribution in [-0.4, -0.2) is 17.2 Å². The predicted molar refractivity (Wildman–Crippen MR) is 66.3 cm³/mol. The van der Waals surface area contributed by atoms with Crippen molar-refractivity contribution in [3.05, 3.63) is 59.3 Å². The highest BCUT2D eigenvalue weighted by Crippen LogP contribution is 2.36. The second-order valence-electron chi connectivity index (χ2n) is 4.12. The van der Waals surface area contributed by atoms with Crippen molar-refractivity contribution in [3.63, 3.8) is 0 Å². The molecule has 0 spiro atoms. The molecule has 0 radical (unpaired) electrons. The van der Waals surface area contributed by atoms with Crippen LogP contribution in [0.15, 0.2) is 42.6 Å². The van der Waals surface area contributed by atoms with Crippen LogP contribution >= 0.6 is 0 Å². The van der Waals surface area contributed by atoms with E-state index in [2.05, 4.69) is 4.98 Å². The molecule has 0 fully saturated rings. The molecule has 0 bridgehead atoms. The average Bonchev–Trinajstić information content (AvgIpc) is 2.46. The molecule has 0 amide bonds. The van der Waals surface area contributed by atoms with Gasteiger partial charge in [0.1, 0.15) is 6.10 Å². The zero-order chi connectivity index (χ0) is 14.8. The molecule has 0 aliphatic carbocycles. The lowest BCUT2D eigenvalue weighted by molar-refractivity contribution is -0.139. The maximum Gasteiger partial charge on any atom is 0.416 e. The van der Waals surface area contributed by atoms with Crippen LogP contribution in [-0.2, 0) is 6.18 Å². The highest BCUT2D eigenvalue weighted by atomic mass is 19.4. The average molecular weight is 283 g/mol. The highest BCUT2D eigenvalue weighted by Gasteiger charge is 2.34. The van der Waals surface area contributed by atoms with Gasteiger partial charge < -0.3 is 9.84 Å². The Morgan fingerprint density at radius 3 is 2.40 bits per heavy atom. The molecule has 6 heteroatoms. The lowest BCUT2D eigenvalue weighted by Gasteiger charge is -2.17. The summed E-state index contributed by atoms with van der Waals surface area (Å²) in [4.78, 5) is 3.87. The van der Waals surface area contributed by atoms with Gasteiger partial charge in [0.15, 0.2) is 0 Å². The van der Waals surface area contributed by atoms with Gasteiger partial charge >= 0.3 is 6.18 Å². The molecule has 106 valence electrons. The van der Waals surface area contributed by atoms with Crippen LogP contribution in [0.4, 0.5) is 13.2 Å². The van der Waals surface area contributed by atoms with E-state index in [-0.39, 0.29) is 11.1 Å². The standard InChI is InChI=1S/C14H12F3NO2/c1-20-12-7-6-9(8-18-12)13(19)10-4-2-3-5-11(10)14(15,16)17/h2-8,13,19H,1H3. The van der Waals surface area contributed by atoms with Gasteiger partial charge in [-0.2, -0.15) is 13.2 Å². The first-order valence-corrected chi connectivity index (χ1v) is 5.77. The molecule has 1 N–H and O–H groups in total. The molecule has 3 nitrogen and oxygen atoms in total. The monoisotopic (exact) mass is 283 g/mol. The molecule has 20 heavy (non-hydrogen) atoms. The van der Waals surface area contributed by atoms with Crippen molar-refractivity contribution in [2.45, 2.75) is 12.3 Å². The molecule has 1 atom stereocenters. The van der Waals surface area contributed by atoms with E-state index < -0.39 is 17.8 Å². The van der Waals surface area contributed by atoms with Gasteiger partial charge in [-0.05, 0) is 17.7 Å². The summed E-state index contributed by atoms with van der Waals surface area (Å²) < 4.78 is 43.5. The van der Waals surface area contributed by atoms with E-state index >= 15 is 0 Å². The van der Waals surface area contributed by atoms with Gasteiger partial charge in [0.05, 0.1) is 12.7 Å². The number of nitrogens with zero attached hydrogens (tertiary/aromatic N) is 1. The molecular formula is C14H12F3NO2. The molecule has 2 aromatic rings. The number of ether oxygens (including phenoxy) is 1. The molecule has 0 aliphatic heterocycles. The van der Waals surface area contributed by atoms with Gasteiger partial charge in [-0.25, -0.2) is 4.98 Å². The van der Waals surface area contributed by atoms with Gasteiger partial charge in [0.2, 0.25) is 5.88 Å². The number of pyridine rings is 1. The number of alkyl halides is 3. The molecule has 0 saturated carbocycles. The molecule has 1 aromatic carbocycles. The highest BCUT2D eigenvalue weighted by molar-refractivity contribution is 5.37. The first kappa shape index (κ1) is 14.3. The van der Waals surface area contributed by atoms with Gasteiger partial charge in [-0.15, -0.1) is 0 Å². The molecular weight excluding hydrogens is 271 g/mol. The minimum atomic E-state index is -4.52. The van der Waals surface area contributed by atoms with Crippen molar-refractivity contribution < 1.29 is 23.0 Å². The zero-order valence-corrected chi connectivity index (χ0v) is 10.6. The maximum atomic E-state index is 12.9. The van der Waals surface area contributed by atoms with Crippen LogP contribution < -0.4 is 4.74 Å². The topological polar surface area (TPSA) is 42.4 Å². The zero-order valence-electron chi connectivity index (χ0n) is 10.6. The summed E-state index contributed by atoms with van der Waals surface area (Å²) in [5.41, 5.74) is -0.794. The van der Waals surface area contributed by atoms with E-state index in [1.165, 1.54) is 43.6 Å². The SMILES string of the molecule is COc1ccc(C(O)c2ccccc2C(F)(F)F)cn1. The number of hydrogen-bond donors (Lipinski definition) is 1. The van der Waals surface area contributed by atoms with Gasteiger partial charge in [-0.1, -0.05) is 18.2 Å². The van der Waals surface area contributed by atoms with Crippen molar-refractivity contribution in [1.82, 2.24) is 4.98 Å². The Labute approximate surface area is 113 Å². The largest absolute Gasteiger partial charge is 0.481 e. The number of rotatable bonds is 3. The fraction of sp³-hybridized carbons (Fsp3) is 0.214. The molecule has 0 saturated heterocycles. The molecule has 0 aliphatic rings. The minimum absolute atomic E-state index is 0.202. The molecule has 1 aromatic heterocycles. The fourth-order valence-electron chi connectivity index (χ4n) is 1.85. The van der Waals surface area contributed by atoms with E-state index in [1.54, 1.807) is 0 Å². The number of aromatic nitrogens is 1. The van der Waals surface area contributed by atoms with E-state index in [0.29, 0.717) is 5.88 Å². The normalized spacial score (nSPS) is 13.1. The number of aliphatic hydroxyl groups excluding tert-OH is 1. The van der Waals surface area contributed by atoms with Crippen LogP contribution in [0.3, 0.4) is 0 Å². The van der Waals surface area contributed by atoms with E-state index in [0.717, 1.165) is 6.07 Å². The maximum absolute atomic E-state index is 12.9.